The molecule has 4 nitrogen and oxygen atoms in total. The number of aliphatic hydroxyl groups is 2. The number of hydrogen-bond donors (Lipinski definition) is 2. The van der Waals surface area contributed by atoms with Crippen LogP contribution in [0.3, 0.4) is 0 Å². The van der Waals surface area contributed by atoms with E-state index in [-0.39, 0.29) is 18.0 Å². The van der Waals surface area contributed by atoms with Crippen LogP contribution < -0.4 is 0 Å². The summed E-state index contributed by atoms with van der Waals surface area (Å²) in [5.41, 5.74) is 2.50. The summed E-state index contributed by atoms with van der Waals surface area (Å²) in [6, 6.07) is 22.3. The molecule has 2 N–H and O–H groups in total. The minimum absolute atomic E-state index is 0.0805. The molecule has 8 heteroatoms. The molecule has 1 heterocycles. The molecule has 0 aliphatic carbocycles. The topological polar surface area (TPSA) is 58.9 Å². The number of rotatable bonds is 8. The van der Waals surface area contributed by atoms with E-state index in [0.29, 0.717) is 29.9 Å². The summed E-state index contributed by atoms with van der Waals surface area (Å²) >= 11 is 18.8. The van der Waals surface area contributed by atoms with E-state index < -0.39 is 5.44 Å². The molecule has 36 heavy (non-hydrogen) atoms. The fraction of sp³-hybridized carbons (Fsp3) is 0.286. The van der Waals surface area contributed by atoms with Gasteiger partial charge in [-0.15, -0.1) is 24.9 Å². The maximum atomic E-state index is 10.2. The van der Waals surface area contributed by atoms with Gasteiger partial charge in [0.25, 0.3) is 0 Å². The first-order chi connectivity index (χ1) is 17.4. The van der Waals surface area contributed by atoms with Crippen LogP contribution in [0.15, 0.2) is 86.0 Å². The number of benzene rings is 3. The second-order valence-corrected chi connectivity index (χ2v) is 10.5. The molecule has 1 fully saturated rings. The highest BCUT2D eigenvalue weighted by molar-refractivity contribution is 8.00. The maximum absolute atomic E-state index is 10.2. The lowest BCUT2D eigenvalue weighted by atomic mass is 10.2. The fourth-order valence-electron chi connectivity index (χ4n) is 3.24. The van der Waals surface area contributed by atoms with Gasteiger partial charge in [-0.3, -0.25) is 0 Å². The molecule has 0 amide bonds. The number of thioether (sulfide) groups is 1. The van der Waals surface area contributed by atoms with Crippen LogP contribution in [0, 0.1) is 0 Å². The van der Waals surface area contributed by atoms with Gasteiger partial charge in [0, 0.05) is 20.3 Å². The third-order valence-corrected chi connectivity index (χ3v) is 7.16. The maximum Gasteiger partial charge on any atom is 0.126 e. The van der Waals surface area contributed by atoms with Crippen molar-refractivity contribution in [2.45, 2.75) is 43.0 Å². The molecule has 1 saturated heterocycles. The lowest BCUT2D eigenvalue weighted by molar-refractivity contribution is -0.0108. The van der Waals surface area contributed by atoms with E-state index in [4.69, 9.17) is 49.4 Å². The predicted octanol–water partition coefficient (Wildman–Crippen LogP) is 7.55. The van der Waals surface area contributed by atoms with Crippen LogP contribution in [0.25, 0.3) is 0 Å². The van der Waals surface area contributed by atoms with Gasteiger partial charge in [-0.2, -0.15) is 0 Å². The summed E-state index contributed by atoms with van der Waals surface area (Å²) in [7, 11) is 0. The average molecular weight is 570 g/mol. The molecule has 1 aliphatic rings. The molecule has 0 spiro atoms. The highest BCUT2D eigenvalue weighted by Crippen LogP contribution is 2.35. The van der Waals surface area contributed by atoms with Crippen LogP contribution in [-0.4, -0.2) is 33.6 Å². The van der Waals surface area contributed by atoms with Crippen molar-refractivity contribution in [2.75, 3.05) is 6.61 Å². The van der Waals surface area contributed by atoms with Crippen LogP contribution >= 0.6 is 46.6 Å². The summed E-state index contributed by atoms with van der Waals surface area (Å²) in [5, 5.41) is 21.1. The minimum atomic E-state index is -0.517. The minimum Gasteiger partial charge on any atom is -0.392 e. The molecule has 194 valence electrons. The van der Waals surface area contributed by atoms with Gasteiger partial charge in [-0.05, 0) is 59.5 Å². The Hall–Kier alpha value is -1.54. The molecule has 4 rings (SSSR count). The Kier molecular flexibility index (Phi) is 14.5. The van der Waals surface area contributed by atoms with Crippen LogP contribution in [0.2, 0.25) is 15.1 Å². The van der Waals surface area contributed by atoms with Crippen molar-refractivity contribution < 1.29 is 19.7 Å². The van der Waals surface area contributed by atoms with Crippen molar-refractivity contribution in [1.29, 1.82) is 0 Å². The second kappa shape index (κ2) is 17.1. The Labute approximate surface area is 232 Å². The number of ether oxygens (including phenoxy) is 2. The molecular weight excluding hydrogens is 539 g/mol. The van der Waals surface area contributed by atoms with Crippen LogP contribution in [0.4, 0.5) is 0 Å². The molecular formula is C28H31Cl3O4S. The first kappa shape index (κ1) is 30.7. The van der Waals surface area contributed by atoms with Crippen molar-refractivity contribution in [3.63, 3.8) is 0 Å². The number of halogens is 3. The van der Waals surface area contributed by atoms with Gasteiger partial charge in [-0.25, -0.2) is 0 Å². The Morgan fingerprint density at radius 2 is 1.19 bits per heavy atom. The molecule has 3 aromatic carbocycles. The molecule has 0 saturated carbocycles. The Morgan fingerprint density at radius 1 is 0.750 bits per heavy atom. The van der Waals surface area contributed by atoms with E-state index >= 15 is 0 Å². The first-order valence-corrected chi connectivity index (χ1v) is 13.4. The standard InChI is InChI=1S/C19H20Cl2O3S.C7H7ClO.C2H4/c20-15-5-1-13(2-6-15)10-23-12-17-9-18(19(22)25-17)24-11-14-3-7-16(21)8-4-14;8-7-3-1-6(5-9)2-4-7;1-2/h1-8,17-19,22H,9-12H2;1-4,9H,5H2;1-2H2/t17-,18-,19?;;/m0../s1. The van der Waals surface area contributed by atoms with Gasteiger partial charge in [0.2, 0.25) is 0 Å². The lowest BCUT2D eigenvalue weighted by Crippen LogP contribution is -2.21. The summed E-state index contributed by atoms with van der Waals surface area (Å²) < 4.78 is 11.6. The molecule has 1 unspecified atom stereocenters. The van der Waals surface area contributed by atoms with Crippen molar-refractivity contribution in [3.8, 4) is 0 Å². The zero-order chi connectivity index (χ0) is 26.3. The van der Waals surface area contributed by atoms with Gasteiger partial charge in [-0.1, -0.05) is 71.2 Å². The summed E-state index contributed by atoms with van der Waals surface area (Å²) in [5.74, 6) is 0. The zero-order valence-electron chi connectivity index (χ0n) is 19.9. The van der Waals surface area contributed by atoms with Crippen LogP contribution in [-0.2, 0) is 29.3 Å². The monoisotopic (exact) mass is 568 g/mol. The summed E-state index contributed by atoms with van der Waals surface area (Å²) in [4.78, 5) is 0. The van der Waals surface area contributed by atoms with Crippen molar-refractivity contribution in [3.05, 3.63) is 118 Å². The molecule has 0 aromatic heterocycles. The molecule has 1 aliphatic heterocycles. The SMILES string of the molecule is C=C.OC1S[C@H](COCc2ccc(Cl)cc2)C[C@@H]1OCc1ccc(Cl)cc1.OCc1ccc(Cl)cc1. The largest absolute Gasteiger partial charge is 0.392 e. The molecule has 0 bridgehead atoms. The van der Waals surface area contributed by atoms with E-state index in [9.17, 15) is 5.11 Å². The van der Waals surface area contributed by atoms with Crippen LogP contribution in [0.5, 0.6) is 0 Å². The number of aliphatic hydroxyl groups excluding tert-OH is 2. The van der Waals surface area contributed by atoms with E-state index in [1.54, 1.807) is 24.3 Å². The molecule has 3 aromatic rings. The van der Waals surface area contributed by atoms with Crippen LogP contribution in [0.1, 0.15) is 23.1 Å². The van der Waals surface area contributed by atoms with E-state index in [2.05, 4.69) is 13.2 Å². The summed E-state index contributed by atoms with van der Waals surface area (Å²) in [6.07, 6.45) is 0.602. The molecule has 3 atom stereocenters. The fourth-order valence-corrected chi connectivity index (χ4v) is 4.85. The van der Waals surface area contributed by atoms with Gasteiger partial charge >= 0.3 is 0 Å². The van der Waals surface area contributed by atoms with E-state index in [1.165, 1.54) is 11.8 Å². The van der Waals surface area contributed by atoms with Gasteiger partial charge in [0.05, 0.1) is 32.5 Å². The second-order valence-electron chi connectivity index (χ2n) is 7.79. The normalized spacial score (nSPS) is 18.5. The predicted molar refractivity (Wildman–Crippen MR) is 152 cm³/mol. The van der Waals surface area contributed by atoms with Gasteiger partial charge in [0.15, 0.2) is 0 Å². The highest BCUT2D eigenvalue weighted by atomic mass is 35.5. The van der Waals surface area contributed by atoms with E-state index in [1.807, 2.05) is 48.5 Å². The highest BCUT2D eigenvalue weighted by Gasteiger charge is 2.34. The number of hydrogen-bond acceptors (Lipinski definition) is 5. The quantitative estimate of drug-likeness (QED) is 0.274. The average Bonchev–Trinajstić information content (AvgIpc) is 3.26. The smallest absolute Gasteiger partial charge is 0.126 e. The van der Waals surface area contributed by atoms with Crippen molar-refractivity contribution in [2.24, 2.45) is 0 Å². The first-order valence-electron chi connectivity index (χ1n) is 11.3. The third-order valence-electron chi connectivity index (χ3n) is 5.10. The van der Waals surface area contributed by atoms with Crippen molar-refractivity contribution in [1.82, 2.24) is 0 Å². The zero-order valence-corrected chi connectivity index (χ0v) is 22.9. The Bertz CT molecular complexity index is 1000. The van der Waals surface area contributed by atoms with Gasteiger partial charge in [0.1, 0.15) is 5.44 Å². The van der Waals surface area contributed by atoms with Gasteiger partial charge < -0.3 is 19.7 Å². The Balaban J connectivity index is 0.000000347. The van der Waals surface area contributed by atoms with E-state index in [0.717, 1.165) is 28.1 Å². The summed E-state index contributed by atoms with van der Waals surface area (Å²) in [6.45, 7) is 7.68. The van der Waals surface area contributed by atoms with Crippen molar-refractivity contribution >= 4 is 46.6 Å². The lowest BCUT2D eigenvalue weighted by Gasteiger charge is -2.14. The Morgan fingerprint density at radius 3 is 1.67 bits per heavy atom. The molecule has 0 radical (unpaired) electrons. The third kappa shape index (κ3) is 11.2.